The van der Waals surface area contributed by atoms with Crippen LogP contribution in [0.1, 0.15) is 34.7 Å². The molecule has 4 aromatic carbocycles. The van der Waals surface area contributed by atoms with Crippen LogP contribution >= 0.6 is 0 Å². The zero-order valence-electron chi connectivity index (χ0n) is 16.2. The van der Waals surface area contributed by atoms with E-state index in [0.717, 1.165) is 5.56 Å². The monoisotopic (exact) mass is 376 g/mol. The van der Waals surface area contributed by atoms with E-state index in [9.17, 15) is 4.79 Å². The molecule has 0 N–H and O–H groups in total. The van der Waals surface area contributed by atoms with Gasteiger partial charge >= 0.3 is 5.97 Å². The van der Waals surface area contributed by atoms with Gasteiger partial charge in [0.2, 0.25) is 0 Å². The van der Waals surface area contributed by atoms with Crippen molar-refractivity contribution < 1.29 is 9.53 Å². The Morgan fingerprint density at radius 2 is 1.34 bits per heavy atom. The molecule has 1 aliphatic rings. The van der Waals surface area contributed by atoms with Crippen LogP contribution in [-0.4, -0.2) is 5.97 Å². The lowest BCUT2D eigenvalue weighted by molar-refractivity contribution is -0.142. The van der Waals surface area contributed by atoms with Crippen LogP contribution in [0.3, 0.4) is 0 Å². The van der Waals surface area contributed by atoms with Gasteiger partial charge in [0, 0.05) is 6.92 Å². The van der Waals surface area contributed by atoms with Gasteiger partial charge in [-0.25, -0.2) is 0 Å². The van der Waals surface area contributed by atoms with Gasteiger partial charge < -0.3 is 4.74 Å². The summed E-state index contributed by atoms with van der Waals surface area (Å²) < 4.78 is 5.29. The number of esters is 1. The Bertz CT molecular complexity index is 1250. The van der Waals surface area contributed by atoms with Gasteiger partial charge in [0.15, 0.2) is 0 Å². The molecule has 29 heavy (non-hydrogen) atoms. The molecule has 0 fully saturated rings. The van der Waals surface area contributed by atoms with Gasteiger partial charge in [0.05, 0.1) is 0 Å². The van der Waals surface area contributed by atoms with Crippen molar-refractivity contribution in [3.8, 4) is 0 Å². The third-order valence-electron chi connectivity index (χ3n) is 5.39. The van der Waals surface area contributed by atoms with Gasteiger partial charge in [0.1, 0.15) is 6.61 Å². The first-order valence-corrected chi connectivity index (χ1v) is 9.77. The van der Waals surface area contributed by atoms with Crippen molar-refractivity contribution in [1.82, 2.24) is 0 Å². The molecule has 140 valence electrons. The molecule has 0 aromatic heterocycles. The molecular weight excluding hydrogens is 356 g/mol. The van der Waals surface area contributed by atoms with Crippen LogP contribution in [0.15, 0.2) is 91.0 Å². The summed E-state index contributed by atoms with van der Waals surface area (Å²) in [4.78, 5) is 11.3. The van der Waals surface area contributed by atoms with Crippen LogP contribution in [0, 0.1) is 0 Å². The maximum atomic E-state index is 11.3. The van der Waals surface area contributed by atoms with Crippen LogP contribution in [-0.2, 0) is 16.1 Å². The average Bonchev–Trinajstić information content (AvgIpc) is 3.09. The van der Waals surface area contributed by atoms with E-state index >= 15 is 0 Å². The molecule has 0 heterocycles. The standard InChI is InChI=1S/C27H20O2/c1-18(28)29-17-19-15-22-13-8-14-23-25(22)24(16-19)27(21-11-6-3-7-12-21)26(23)20-9-4-2-5-10-20/h2-16H,17H2,1H3. The highest BCUT2D eigenvalue weighted by Crippen LogP contribution is 2.48. The zero-order valence-corrected chi connectivity index (χ0v) is 16.2. The van der Waals surface area contributed by atoms with Gasteiger partial charge in [-0.05, 0) is 61.9 Å². The van der Waals surface area contributed by atoms with Crippen molar-refractivity contribution in [2.75, 3.05) is 0 Å². The number of rotatable bonds is 4. The number of ether oxygens (including phenoxy) is 1. The van der Waals surface area contributed by atoms with Crippen LogP contribution in [0.2, 0.25) is 0 Å². The fraction of sp³-hybridized carbons (Fsp3) is 0.0741. The Hall–Kier alpha value is -3.65. The smallest absolute Gasteiger partial charge is 0.302 e. The molecule has 5 rings (SSSR count). The molecule has 0 radical (unpaired) electrons. The van der Waals surface area contributed by atoms with E-state index in [0.29, 0.717) is 0 Å². The number of carbonyl (C=O) groups excluding carboxylic acids is 1. The minimum absolute atomic E-state index is 0.265. The quantitative estimate of drug-likeness (QED) is 0.348. The Labute approximate surface area is 170 Å². The minimum atomic E-state index is -0.265. The van der Waals surface area contributed by atoms with Gasteiger partial charge in [0.25, 0.3) is 0 Å². The molecular formula is C27H20O2. The molecule has 0 aliphatic heterocycles. The van der Waals surface area contributed by atoms with Crippen LogP contribution in [0.25, 0.3) is 21.9 Å². The Balaban J connectivity index is 1.81. The van der Waals surface area contributed by atoms with Crippen molar-refractivity contribution >= 4 is 27.9 Å². The fourth-order valence-electron chi connectivity index (χ4n) is 4.24. The first kappa shape index (κ1) is 17.4. The lowest BCUT2D eigenvalue weighted by atomic mass is 9.92. The maximum Gasteiger partial charge on any atom is 0.302 e. The predicted molar refractivity (Wildman–Crippen MR) is 117 cm³/mol. The van der Waals surface area contributed by atoms with Crippen LogP contribution in [0.5, 0.6) is 0 Å². The first-order chi connectivity index (χ1) is 14.2. The SMILES string of the molecule is CC(=O)OCc1cc2c3c(cccc3c1)C(c1ccccc1)=C2c1ccccc1. The van der Waals surface area contributed by atoms with Crippen molar-refractivity contribution in [2.45, 2.75) is 13.5 Å². The lowest BCUT2D eigenvalue weighted by Crippen LogP contribution is -1.99. The van der Waals surface area contributed by atoms with Gasteiger partial charge in [-0.1, -0.05) is 78.9 Å². The molecule has 0 atom stereocenters. The molecule has 0 bridgehead atoms. The van der Waals surface area contributed by atoms with Crippen molar-refractivity contribution in [3.63, 3.8) is 0 Å². The Morgan fingerprint density at radius 1 is 0.724 bits per heavy atom. The van der Waals surface area contributed by atoms with E-state index in [2.05, 4.69) is 78.9 Å². The Morgan fingerprint density at radius 3 is 1.97 bits per heavy atom. The molecule has 0 amide bonds. The van der Waals surface area contributed by atoms with E-state index in [-0.39, 0.29) is 12.6 Å². The highest BCUT2D eigenvalue weighted by atomic mass is 16.5. The second kappa shape index (κ2) is 7.06. The molecule has 4 aromatic rings. The summed E-state index contributed by atoms with van der Waals surface area (Å²) >= 11 is 0. The van der Waals surface area contributed by atoms with Gasteiger partial charge in [-0.3, -0.25) is 4.79 Å². The molecule has 0 saturated heterocycles. The summed E-state index contributed by atoms with van der Waals surface area (Å²) in [6.45, 7) is 1.73. The predicted octanol–water partition coefficient (Wildman–Crippen LogP) is 6.22. The number of hydrogen-bond donors (Lipinski definition) is 0. The summed E-state index contributed by atoms with van der Waals surface area (Å²) in [7, 11) is 0. The van der Waals surface area contributed by atoms with Crippen LogP contribution in [0.4, 0.5) is 0 Å². The molecule has 0 spiro atoms. The molecule has 0 saturated carbocycles. The second-order valence-electron chi connectivity index (χ2n) is 7.31. The van der Waals surface area contributed by atoms with E-state index in [1.54, 1.807) is 0 Å². The molecule has 1 aliphatic carbocycles. The summed E-state index contributed by atoms with van der Waals surface area (Å²) in [5.41, 5.74) is 8.33. The van der Waals surface area contributed by atoms with Gasteiger partial charge in [-0.2, -0.15) is 0 Å². The average molecular weight is 376 g/mol. The third kappa shape index (κ3) is 3.03. The number of hydrogen-bond acceptors (Lipinski definition) is 2. The van der Waals surface area contributed by atoms with E-state index in [1.807, 2.05) is 12.1 Å². The Kier molecular flexibility index (Phi) is 4.25. The summed E-state index contributed by atoms with van der Waals surface area (Å²) in [5, 5.41) is 2.43. The normalized spacial score (nSPS) is 12.4. The lowest BCUT2D eigenvalue weighted by Gasteiger charge is -2.11. The molecule has 0 unspecified atom stereocenters. The summed E-state index contributed by atoms with van der Waals surface area (Å²) in [6.07, 6.45) is 0. The zero-order chi connectivity index (χ0) is 19.8. The van der Waals surface area contributed by atoms with Crippen molar-refractivity contribution in [3.05, 3.63) is 119 Å². The van der Waals surface area contributed by atoms with E-state index in [4.69, 9.17) is 4.74 Å². The largest absolute Gasteiger partial charge is 0.461 e. The topological polar surface area (TPSA) is 26.3 Å². The summed E-state index contributed by atoms with van der Waals surface area (Å²) in [5.74, 6) is -0.265. The van der Waals surface area contributed by atoms with E-state index in [1.165, 1.54) is 51.1 Å². The summed E-state index contributed by atoms with van der Waals surface area (Å²) in [6, 6.07) is 31.8. The highest BCUT2D eigenvalue weighted by Gasteiger charge is 2.26. The minimum Gasteiger partial charge on any atom is -0.461 e. The van der Waals surface area contributed by atoms with E-state index < -0.39 is 0 Å². The molecule has 2 heteroatoms. The molecule has 2 nitrogen and oxygen atoms in total. The third-order valence-corrected chi connectivity index (χ3v) is 5.39. The van der Waals surface area contributed by atoms with Gasteiger partial charge in [-0.15, -0.1) is 0 Å². The first-order valence-electron chi connectivity index (χ1n) is 9.77. The maximum absolute atomic E-state index is 11.3. The number of benzene rings is 4. The van der Waals surface area contributed by atoms with Crippen LogP contribution < -0.4 is 0 Å². The second-order valence-corrected chi connectivity index (χ2v) is 7.31. The van der Waals surface area contributed by atoms with Crippen molar-refractivity contribution in [1.29, 1.82) is 0 Å². The fourth-order valence-corrected chi connectivity index (χ4v) is 4.24. The highest BCUT2D eigenvalue weighted by molar-refractivity contribution is 6.20. The van der Waals surface area contributed by atoms with Crippen molar-refractivity contribution in [2.24, 2.45) is 0 Å². The number of carbonyl (C=O) groups is 1.